The Morgan fingerprint density at radius 3 is 2.57 bits per heavy atom. The van der Waals surface area contributed by atoms with Gasteiger partial charge in [-0.25, -0.2) is 0 Å². The highest BCUT2D eigenvalue weighted by Gasteiger charge is 2.22. The lowest BCUT2D eigenvalue weighted by Gasteiger charge is -2.27. The summed E-state index contributed by atoms with van der Waals surface area (Å²) in [4.78, 5) is 11.4. The lowest BCUT2D eigenvalue weighted by atomic mass is 9.93. The average Bonchev–Trinajstić information content (AvgIpc) is 2.20. The second kappa shape index (κ2) is 5.32. The number of hydrogen-bond donors (Lipinski definition) is 3. The van der Waals surface area contributed by atoms with Crippen molar-refractivity contribution in [2.75, 3.05) is 0 Å². The molecule has 1 aliphatic rings. The van der Waals surface area contributed by atoms with E-state index >= 15 is 0 Å². The van der Waals surface area contributed by atoms with Crippen LogP contribution in [0.3, 0.4) is 0 Å². The van der Waals surface area contributed by atoms with E-state index in [0.29, 0.717) is 6.42 Å². The molecule has 1 atom stereocenters. The summed E-state index contributed by atoms with van der Waals surface area (Å²) in [6, 6.07) is -0.176. The summed E-state index contributed by atoms with van der Waals surface area (Å²) in [6.07, 6.45) is 3.79. The lowest BCUT2D eigenvalue weighted by molar-refractivity contribution is -0.123. The fourth-order valence-corrected chi connectivity index (χ4v) is 1.71. The van der Waals surface area contributed by atoms with E-state index in [2.05, 4.69) is 5.32 Å². The van der Waals surface area contributed by atoms with Crippen molar-refractivity contribution in [2.24, 2.45) is 5.73 Å². The van der Waals surface area contributed by atoms with Gasteiger partial charge in [-0.1, -0.05) is 6.92 Å². The molecule has 0 spiro atoms. The number of carbonyl (C=O) groups excluding carboxylic acids is 1. The van der Waals surface area contributed by atoms with Gasteiger partial charge in [-0.2, -0.15) is 0 Å². The van der Waals surface area contributed by atoms with E-state index in [1.54, 1.807) is 0 Å². The van der Waals surface area contributed by atoms with E-state index in [0.717, 1.165) is 25.7 Å². The zero-order valence-electron chi connectivity index (χ0n) is 8.70. The Kier molecular flexibility index (Phi) is 4.35. The van der Waals surface area contributed by atoms with Crippen LogP contribution in [0.4, 0.5) is 0 Å². The van der Waals surface area contributed by atoms with Gasteiger partial charge in [0.2, 0.25) is 5.91 Å². The minimum Gasteiger partial charge on any atom is -0.393 e. The first kappa shape index (κ1) is 11.5. The summed E-state index contributed by atoms with van der Waals surface area (Å²) >= 11 is 0. The predicted molar refractivity (Wildman–Crippen MR) is 54.7 cm³/mol. The van der Waals surface area contributed by atoms with Crippen LogP contribution in [0.25, 0.3) is 0 Å². The molecule has 4 N–H and O–H groups in total. The topological polar surface area (TPSA) is 75.4 Å². The molecule has 1 amide bonds. The van der Waals surface area contributed by atoms with Crippen LogP contribution in [0.5, 0.6) is 0 Å². The highest BCUT2D eigenvalue weighted by Crippen LogP contribution is 2.18. The van der Waals surface area contributed by atoms with Crippen LogP contribution in [0.15, 0.2) is 0 Å². The van der Waals surface area contributed by atoms with Gasteiger partial charge in [-0.3, -0.25) is 4.79 Å². The molecular weight excluding hydrogens is 180 g/mol. The van der Waals surface area contributed by atoms with E-state index in [-0.39, 0.29) is 24.1 Å². The smallest absolute Gasteiger partial charge is 0.237 e. The van der Waals surface area contributed by atoms with E-state index in [1.807, 2.05) is 6.92 Å². The van der Waals surface area contributed by atoms with Gasteiger partial charge in [0, 0.05) is 6.04 Å². The molecule has 0 unspecified atom stereocenters. The molecule has 1 fully saturated rings. The highest BCUT2D eigenvalue weighted by atomic mass is 16.3. The third-order valence-corrected chi connectivity index (χ3v) is 2.82. The largest absolute Gasteiger partial charge is 0.393 e. The number of nitrogens with two attached hydrogens (primary N) is 1. The van der Waals surface area contributed by atoms with Crippen LogP contribution in [0.1, 0.15) is 39.0 Å². The normalized spacial score (nSPS) is 29.6. The monoisotopic (exact) mass is 200 g/mol. The quantitative estimate of drug-likeness (QED) is 0.606. The molecule has 0 saturated heterocycles. The molecule has 4 heteroatoms. The number of rotatable bonds is 3. The van der Waals surface area contributed by atoms with Gasteiger partial charge in [-0.05, 0) is 32.1 Å². The molecule has 0 aromatic heterocycles. The lowest BCUT2D eigenvalue weighted by Crippen LogP contribution is -2.46. The van der Waals surface area contributed by atoms with E-state index in [1.165, 1.54) is 0 Å². The van der Waals surface area contributed by atoms with Crippen molar-refractivity contribution in [3.05, 3.63) is 0 Å². The van der Waals surface area contributed by atoms with Gasteiger partial charge in [0.25, 0.3) is 0 Å². The van der Waals surface area contributed by atoms with Crippen molar-refractivity contribution < 1.29 is 9.90 Å². The van der Waals surface area contributed by atoms with Crippen molar-refractivity contribution in [1.29, 1.82) is 0 Å². The Morgan fingerprint density at radius 1 is 1.50 bits per heavy atom. The second-order valence-electron chi connectivity index (χ2n) is 4.03. The summed E-state index contributed by atoms with van der Waals surface area (Å²) in [5, 5.41) is 12.2. The van der Waals surface area contributed by atoms with Crippen molar-refractivity contribution in [3.63, 3.8) is 0 Å². The number of nitrogens with one attached hydrogen (secondary N) is 1. The third-order valence-electron chi connectivity index (χ3n) is 2.82. The van der Waals surface area contributed by atoms with Crippen LogP contribution in [0, 0.1) is 0 Å². The van der Waals surface area contributed by atoms with Gasteiger partial charge in [0.15, 0.2) is 0 Å². The van der Waals surface area contributed by atoms with Gasteiger partial charge >= 0.3 is 0 Å². The van der Waals surface area contributed by atoms with Gasteiger partial charge in [-0.15, -0.1) is 0 Å². The molecule has 1 aliphatic carbocycles. The highest BCUT2D eigenvalue weighted by molar-refractivity contribution is 5.81. The number of aliphatic hydroxyl groups is 1. The standard InChI is InChI=1S/C10H20N2O2/c1-2-9(11)10(14)12-7-3-5-8(13)6-4-7/h7-9,13H,2-6,11H2,1H3,(H,12,14)/t7?,8?,9-/m0/s1. The maximum absolute atomic E-state index is 11.4. The van der Waals surface area contributed by atoms with E-state index in [4.69, 9.17) is 5.73 Å². The summed E-state index contributed by atoms with van der Waals surface area (Å²) in [5.74, 6) is -0.0612. The first-order valence-electron chi connectivity index (χ1n) is 5.37. The number of carbonyl (C=O) groups is 1. The molecule has 4 nitrogen and oxygen atoms in total. The fraction of sp³-hybridized carbons (Fsp3) is 0.900. The first-order valence-corrected chi connectivity index (χ1v) is 5.37. The number of aliphatic hydroxyl groups excluding tert-OH is 1. The maximum Gasteiger partial charge on any atom is 0.237 e. The third kappa shape index (κ3) is 3.27. The molecule has 0 radical (unpaired) electrons. The van der Waals surface area contributed by atoms with Gasteiger partial charge < -0.3 is 16.2 Å². The Hall–Kier alpha value is -0.610. The zero-order chi connectivity index (χ0) is 10.6. The molecule has 0 aromatic carbocycles. The van der Waals surface area contributed by atoms with Gasteiger partial charge in [0.05, 0.1) is 12.1 Å². The Morgan fingerprint density at radius 2 is 2.07 bits per heavy atom. The number of amides is 1. The van der Waals surface area contributed by atoms with Gasteiger partial charge in [0.1, 0.15) is 0 Å². The summed E-state index contributed by atoms with van der Waals surface area (Å²) in [7, 11) is 0. The molecular formula is C10H20N2O2. The van der Waals surface area contributed by atoms with Crippen molar-refractivity contribution in [3.8, 4) is 0 Å². The SMILES string of the molecule is CC[C@H](N)C(=O)NC1CCC(O)CC1. The van der Waals surface area contributed by atoms with Crippen LogP contribution in [0.2, 0.25) is 0 Å². The fourth-order valence-electron chi connectivity index (χ4n) is 1.71. The maximum atomic E-state index is 11.4. The molecule has 0 aliphatic heterocycles. The zero-order valence-corrected chi connectivity index (χ0v) is 8.70. The summed E-state index contributed by atoms with van der Waals surface area (Å²) in [5.41, 5.74) is 5.60. The molecule has 0 bridgehead atoms. The molecule has 1 rings (SSSR count). The molecule has 0 aromatic rings. The van der Waals surface area contributed by atoms with Crippen molar-refractivity contribution in [2.45, 2.75) is 57.2 Å². The second-order valence-corrected chi connectivity index (χ2v) is 4.03. The van der Waals surface area contributed by atoms with E-state index in [9.17, 15) is 9.90 Å². The van der Waals surface area contributed by atoms with Crippen LogP contribution < -0.4 is 11.1 Å². The van der Waals surface area contributed by atoms with Crippen molar-refractivity contribution >= 4 is 5.91 Å². The molecule has 1 saturated carbocycles. The van der Waals surface area contributed by atoms with Crippen molar-refractivity contribution in [1.82, 2.24) is 5.32 Å². The minimum absolute atomic E-state index is 0.0612. The predicted octanol–water partition coefficient (Wildman–Crippen LogP) is 0.143. The molecule has 82 valence electrons. The summed E-state index contributed by atoms with van der Waals surface area (Å²) in [6.45, 7) is 1.90. The van der Waals surface area contributed by atoms with E-state index < -0.39 is 0 Å². The first-order chi connectivity index (χ1) is 6.63. The summed E-state index contributed by atoms with van der Waals surface area (Å²) < 4.78 is 0. The van der Waals surface area contributed by atoms with Crippen LogP contribution in [-0.4, -0.2) is 29.2 Å². The van der Waals surface area contributed by atoms with Crippen LogP contribution >= 0.6 is 0 Å². The van der Waals surface area contributed by atoms with Crippen LogP contribution in [-0.2, 0) is 4.79 Å². The Labute approximate surface area is 84.9 Å². The molecule has 0 heterocycles. The number of hydrogen-bond acceptors (Lipinski definition) is 3. The average molecular weight is 200 g/mol. The Bertz CT molecular complexity index is 189. The Balaban J connectivity index is 2.27. The minimum atomic E-state index is -0.387. The molecule has 14 heavy (non-hydrogen) atoms.